The first-order valence-electron chi connectivity index (χ1n) is 8.72. The smallest absolute Gasteiger partial charge is 0.327 e. The monoisotopic (exact) mass is 294 g/mol. The molecule has 0 aliphatic heterocycles. The predicted molar refractivity (Wildman–Crippen MR) is 83.1 cm³/mol. The fourth-order valence-electron chi connectivity index (χ4n) is 3.49. The molecule has 3 aliphatic carbocycles. The molecule has 1 N–H and O–H groups in total. The number of likely N-dealkylation sites (N-methyl/N-ethyl adjacent to an activating group) is 1. The molecule has 2 unspecified atom stereocenters. The van der Waals surface area contributed by atoms with Crippen LogP contribution in [-0.4, -0.2) is 48.7 Å². The van der Waals surface area contributed by atoms with Crippen LogP contribution in [0.5, 0.6) is 0 Å². The fourth-order valence-corrected chi connectivity index (χ4v) is 3.49. The van der Waals surface area contributed by atoms with Gasteiger partial charge in [0, 0.05) is 18.6 Å². The topological polar surface area (TPSA) is 41.6 Å². The maximum absolute atomic E-state index is 12.7. The van der Waals surface area contributed by atoms with Crippen molar-refractivity contribution >= 4 is 5.97 Å². The van der Waals surface area contributed by atoms with Crippen molar-refractivity contribution in [1.82, 2.24) is 10.2 Å². The summed E-state index contributed by atoms with van der Waals surface area (Å²) >= 11 is 0. The van der Waals surface area contributed by atoms with Crippen LogP contribution in [0.4, 0.5) is 0 Å². The summed E-state index contributed by atoms with van der Waals surface area (Å²) in [5, 5.41) is 3.68. The summed E-state index contributed by atoms with van der Waals surface area (Å²) in [7, 11) is 2.17. The maximum atomic E-state index is 12.7. The molecule has 4 nitrogen and oxygen atoms in total. The number of ether oxygens (including phenoxy) is 1. The van der Waals surface area contributed by atoms with E-state index in [1.165, 1.54) is 25.7 Å². The van der Waals surface area contributed by atoms with Gasteiger partial charge < -0.3 is 9.64 Å². The predicted octanol–water partition coefficient (Wildman–Crippen LogP) is 2.18. The van der Waals surface area contributed by atoms with Gasteiger partial charge in [-0.15, -0.1) is 0 Å². The van der Waals surface area contributed by atoms with Gasteiger partial charge in [0.15, 0.2) is 0 Å². The molecule has 4 heteroatoms. The molecule has 3 fully saturated rings. The average molecular weight is 294 g/mol. The molecule has 0 aromatic heterocycles. The number of carbonyl (C=O) groups is 1. The van der Waals surface area contributed by atoms with Gasteiger partial charge in [-0.05, 0) is 71.3 Å². The van der Waals surface area contributed by atoms with Crippen LogP contribution in [-0.2, 0) is 9.53 Å². The molecule has 120 valence electrons. The minimum atomic E-state index is -0.463. The molecule has 21 heavy (non-hydrogen) atoms. The summed E-state index contributed by atoms with van der Waals surface area (Å²) in [6.45, 7) is 5.48. The molecule has 3 saturated carbocycles. The van der Waals surface area contributed by atoms with Gasteiger partial charge in [-0.25, -0.2) is 4.79 Å². The Morgan fingerprint density at radius 2 is 1.95 bits per heavy atom. The van der Waals surface area contributed by atoms with Gasteiger partial charge in [-0.1, -0.05) is 0 Å². The lowest BCUT2D eigenvalue weighted by atomic mass is 9.91. The molecule has 0 bridgehead atoms. The number of esters is 1. The Morgan fingerprint density at radius 3 is 2.43 bits per heavy atom. The van der Waals surface area contributed by atoms with Gasteiger partial charge in [0.1, 0.15) is 5.54 Å². The van der Waals surface area contributed by atoms with E-state index in [2.05, 4.69) is 24.2 Å². The van der Waals surface area contributed by atoms with Gasteiger partial charge >= 0.3 is 5.97 Å². The number of rotatable bonds is 9. The van der Waals surface area contributed by atoms with E-state index in [4.69, 9.17) is 4.74 Å². The van der Waals surface area contributed by atoms with Gasteiger partial charge in [0.05, 0.1) is 6.61 Å². The first-order chi connectivity index (χ1) is 10.1. The fraction of sp³-hybridized carbons (Fsp3) is 0.941. The van der Waals surface area contributed by atoms with Gasteiger partial charge in [-0.3, -0.25) is 5.32 Å². The van der Waals surface area contributed by atoms with Crippen LogP contribution in [0.3, 0.4) is 0 Å². The minimum Gasteiger partial charge on any atom is -0.465 e. The van der Waals surface area contributed by atoms with Crippen LogP contribution >= 0.6 is 0 Å². The summed E-state index contributed by atoms with van der Waals surface area (Å²) < 4.78 is 5.47. The number of carbonyl (C=O) groups excluding carboxylic acids is 1. The highest BCUT2D eigenvalue weighted by atomic mass is 16.5. The lowest BCUT2D eigenvalue weighted by Gasteiger charge is -2.38. The molecule has 0 heterocycles. The summed E-state index contributed by atoms with van der Waals surface area (Å²) in [6.07, 6.45) is 7.41. The molecule has 0 aromatic carbocycles. The van der Waals surface area contributed by atoms with Crippen molar-refractivity contribution in [2.45, 2.75) is 70.0 Å². The second kappa shape index (κ2) is 5.88. The average Bonchev–Trinajstić information content (AvgIpc) is 3.28. The standard InChI is InChI=1S/C17H30N2O2/c1-4-21-16(20)17(14-7-8-14,18-15-9-10-15)11-19(3)12(2)13-5-6-13/h12-15,18H,4-11H2,1-3H3. The van der Waals surface area contributed by atoms with E-state index in [9.17, 15) is 4.79 Å². The molecule has 0 amide bonds. The first kappa shape index (κ1) is 15.3. The van der Waals surface area contributed by atoms with Crippen molar-refractivity contribution in [3.8, 4) is 0 Å². The van der Waals surface area contributed by atoms with Crippen molar-refractivity contribution in [1.29, 1.82) is 0 Å². The van der Waals surface area contributed by atoms with Crippen molar-refractivity contribution in [2.24, 2.45) is 11.8 Å². The quantitative estimate of drug-likeness (QED) is 0.662. The van der Waals surface area contributed by atoms with Crippen LogP contribution in [0.15, 0.2) is 0 Å². The molecule has 3 aliphatic rings. The van der Waals surface area contributed by atoms with Crippen LogP contribution in [0.1, 0.15) is 52.4 Å². The SMILES string of the molecule is CCOC(=O)C(CN(C)C(C)C1CC1)(NC1CC1)C1CC1. The number of hydrogen-bond acceptors (Lipinski definition) is 4. The first-order valence-corrected chi connectivity index (χ1v) is 8.72. The summed E-state index contributed by atoms with van der Waals surface area (Å²) in [5.41, 5.74) is -0.463. The van der Waals surface area contributed by atoms with Crippen LogP contribution in [0, 0.1) is 11.8 Å². The Bertz CT molecular complexity index is 388. The molecule has 0 aromatic rings. The van der Waals surface area contributed by atoms with Crippen LogP contribution < -0.4 is 5.32 Å². The number of hydrogen-bond donors (Lipinski definition) is 1. The van der Waals surface area contributed by atoms with E-state index in [0.717, 1.165) is 25.3 Å². The Hall–Kier alpha value is -0.610. The zero-order valence-electron chi connectivity index (χ0n) is 13.7. The molecular weight excluding hydrogens is 264 g/mol. The highest BCUT2D eigenvalue weighted by Crippen LogP contribution is 2.44. The van der Waals surface area contributed by atoms with Gasteiger partial charge in [0.25, 0.3) is 0 Å². The van der Waals surface area contributed by atoms with Crippen molar-refractivity contribution in [3.63, 3.8) is 0 Å². The van der Waals surface area contributed by atoms with Gasteiger partial charge in [0.2, 0.25) is 0 Å². The molecule has 0 spiro atoms. The third kappa shape index (κ3) is 3.42. The van der Waals surface area contributed by atoms with E-state index in [0.29, 0.717) is 24.6 Å². The Labute approximate surface area is 128 Å². The zero-order chi connectivity index (χ0) is 15.0. The zero-order valence-corrected chi connectivity index (χ0v) is 13.7. The van der Waals surface area contributed by atoms with E-state index in [1.807, 2.05) is 6.92 Å². The molecule has 2 atom stereocenters. The third-order valence-corrected chi connectivity index (χ3v) is 5.45. The van der Waals surface area contributed by atoms with E-state index < -0.39 is 5.54 Å². The van der Waals surface area contributed by atoms with Crippen molar-refractivity contribution in [3.05, 3.63) is 0 Å². The second-order valence-electron chi connectivity index (χ2n) is 7.38. The number of nitrogens with zero attached hydrogens (tertiary/aromatic N) is 1. The van der Waals surface area contributed by atoms with E-state index in [1.54, 1.807) is 0 Å². The highest BCUT2D eigenvalue weighted by Gasteiger charge is 2.55. The summed E-state index contributed by atoms with van der Waals surface area (Å²) in [5.74, 6) is 1.27. The molecular formula is C17H30N2O2. The van der Waals surface area contributed by atoms with E-state index >= 15 is 0 Å². The lowest BCUT2D eigenvalue weighted by molar-refractivity contribution is -0.153. The molecule has 3 rings (SSSR count). The van der Waals surface area contributed by atoms with Crippen LogP contribution in [0.2, 0.25) is 0 Å². The normalized spacial score (nSPS) is 26.5. The van der Waals surface area contributed by atoms with E-state index in [-0.39, 0.29) is 5.97 Å². The summed E-state index contributed by atoms with van der Waals surface area (Å²) in [4.78, 5) is 15.1. The molecule has 0 saturated heterocycles. The maximum Gasteiger partial charge on any atom is 0.327 e. The third-order valence-electron chi connectivity index (χ3n) is 5.45. The summed E-state index contributed by atoms with van der Waals surface area (Å²) in [6, 6.07) is 1.10. The largest absolute Gasteiger partial charge is 0.465 e. The van der Waals surface area contributed by atoms with Gasteiger partial charge in [-0.2, -0.15) is 0 Å². The van der Waals surface area contributed by atoms with Crippen molar-refractivity contribution in [2.75, 3.05) is 20.2 Å². The Balaban J connectivity index is 1.73. The lowest BCUT2D eigenvalue weighted by Crippen LogP contribution is -2.62. The Kier molecular flexibility index (Phi) is 4.28. The Morgan fingerprint density at radius 1 is 1.29 bits per heavy atom. The molecule has 0 radical (unpaired) electrons. The van der Waals surface area contributed by atoms with Crippen molar-refractivity contribution < 1.29 is 9.53 Å². The minimum absolute atomic E-state index is 0.0192. The van der Waals surface area contributed by atoms with Crippen LogP contribution in [0.25, 0.3) is 0 Å². The number of nitrogens with one attached hydrogen (secondary N) is 1. The highest BCUT2D eigenvalue weighted by molar-refractivity contribution is 5.82. The second-order valence-corrected chi connectivity index (χ2v) is 7.38.